The number of anilines is 1. The number of fused-ring (bicyclic) bond motifs is 1. The first-order valence-electron chi connectivity index (χ1n) is 9.00. The summed E-state index contributed by atoms with van der Waals surface area (Å²) < 4.78 is 59.7. The van der Waals surface area contributed by atoms with E-state index in [1.165, 1.54) is 56.3 Å². The molecule has 4 nitrogen and oxygen atoms in total. The van der Waals surface area contributed by atoms with Crippen LogP contribution in [0.2, 0.25) is 0 Å². The highest BCUT2D eigenvalue weighted by Crippen LogP contribution is 2.41. The van der Waals surface area contributed by atoms with E-state index >= 15 is 0 Å². The first-order chi connectivity index (χ1) is 13.4. The largest absolute Gasteiger partial charge is 0.457 e. The van der Waals surface area contributed by atoms with Crippen LogP contribution in [0.1, 0.15) is 41.8 Å². The Morgan fingerprint density at radius 2 is 1.86 bits per heavy atom. The summed E-state index contributed by atoms with van der Waals surface area (Å²) >= 11 is 0. The molecule has 0 saturated heterocycles. The number of esters is 1. The number of nitrogens with one attached hydrogen (secondary N) is 1. The third kappa shape index (κ3) is 4.37. The third-order valence-electron chi connectivity index (χ3n) is 5.14. The van der Waals surface area contributed by atoms with Crippen LogP contribution in [0.15, 0.2) is 42.5 Å². The van der Waals surface area contributed by atoms with Gasteiger partial charge >= 0.3 is 12.1 Å². The minimum atomic E-state index is -4.92. The summed E-state index contributed by atoms with van der Waals surface area (Å²) in [7, 11) is 0. The van der Waals surface area contributed by atoms with Gasteiger partial charge in [0.15, 0.2) is 5.60 Å². The fourth-order valence-electron chi connectivity index (χ4n) is 3.50. The van der Waals surface area contributed by atoms with Gasteiger partial charge in [-0.1, -0.05) is 26.0 Å². The molecule has 1 aliphatic rings. The molecule has 156 valence electrons. The van der Waals surface area contributed by atoms with Crippen molar-refractivity contribution in [3.05, 3.63) is 65.0 Å². The second-order valence-electron chi connectivity index (χ2n) is 7.90. The van der Waals surface area contributed by atoms with Gasteiger partial charge in [0.05, 0.1) is 12.1 Å². The molecule has 0 aromatic heterocycles. The molecular weight excluding hydrogens is 390 g/mol. The van der Waals surface area contributed by atoms with Gasteiger partial charge in [0.25, 0.3) is 0 Å². The first kappa shape index (κ1) is 21.1. The first-order valence-corrected chi connectivity index (χ1v) is 9.00. The normalized spacial score (nSPS) is 16.2. The SMILES string of the molecule is CC(C)(CC(O)(CNc1ccc2c(c1)COC2=O)C(F)(F)F)c1cccc(F)c1. The van der Waals surface area contributed by atoms with Crippen LogP contribution in [-0.4, -0.2) is 29.4 Å². The summed E-state index contributed by atoms with van der Waals surface area (Å²) in [5, 5.41) is 13.2. The molecule has 0 radical (unpaired) electrons. The Morgan fingerprint density at radius 3 is 2.52 bits per heavy atom. The molecule has 2 N–H and O–H groups in total. The lowest BCUT2D eigenvalue weighted by Gasteiger charge is -2.38. The highest BCUT2D eigenvalue weighted by molar-refractivity contribution is 5.93. The van der Waals surface area contributed by atoms with Gasteiger partial charge in [-0.25, -0.2) is 9.18 Å². The zero-order valence-electron chi connectivity index (χ0n) is 15.9. The molecule has 8 heteroatoms. The molecule has 3 rings (SSSR count). The number of rotatable bonds is 6. The quantitative estimate of drug-likeness (QED) is 0.540. The molecule has 0 aliphatic carbocycles. The molecule has 2 aromatic carbocycles. The van der Waals surface area contributed by atoms with Crippen LogP contribution in [0.4, 0.5) is 23.2 Å². The average molecular weight is 411 g/mol. The summed E-state index contributed by atoms with van der Waals surface area (Å²) in [6, 6.07) is 9.78. The number of hydrogen-bond acceptors (Lipinski definition) is 4. The van der Waals surface area contributed by atoms with Crippen molar-refractivity contribution in [1.82, 2.24) is 0 Å². The molecule has 1 atom stereocenters. The predicted molar refractivity (Wildman–Crippen MR) is 99.1 cm³/mol. The van der Waals surface area contributed by atoms with Crippen LogP contribution < -0.4 is 5.32 Å². The lowest BCUT2D eigenvalue weighted by molar-refractivity contribution is -0.260. The molecule has 1 heterocycles. The number of carbonyl (C=O) groups excluding carboxylic acids is 1. The summed E-state index contributed by atoms with van der Waals surface area (Å²) in [4.78, 5) is 11.5. The van der Waals surface area contributed by atoms with Crippen molar-refractivity contribution in [2.75, 3.05) is 11.9 Å². The van der Waals surface area contributed by atoms with Crippen molar-refractivity contribution in [3.8, 4) is 0 Å². The van der Waals surface area contributed by atoms with E-state index in [0.717, 1.165) is 0 Å². The Hall–Kier alpha value is -2.61. The maximum absolute atomic E-state index is 13.8. The van der Waals surface area contributed by atoms with Crippen molar-refractivity contribution in [2.45, 2.75) is 44.1 Å². The van der Waals surface area contributed by atoms with Gasteiger partial charge in [0.2, 0.25) is 0 Å². The van der Waals surface area contributed by atoms with Crippen LogP contribution >= 0.6 is 0 Å². The molecule has 2 aromatic rings. The molecule has 1 aliphatic heterocycles. The Kier molecular flexibility index (Phi) is 5.34. The van der Waals surface area contributed by atoms with Crippen molar-refractivity contribution in [1.29, 1.82) is 0 Å². The maximum atomic E-state index is 13.8. The van der Waals surface area contributed by atoms with E-state index in [2.05, 4.69) is 5.32 Å². The maximum Gasteiger partial charge on any atom is 0.418 e. The van der Waals surface area contributed by atoms with Gasteiger partial charge in [-0.15, -0.1) is 0 Å². The Labute approximate surface area is 165 Å². The fraction of sp³-hybridized carbons (Fsp3) is 0.381. The Bertz CT molecular complexity index is 926. The summed E-state index contributed by atoms with van der Waals surface area (Å²) in [5.41, 5.74) is -2.59. The van der Waals surface area contributed by atoms with Crippen LogP contribution in [0.3, 0.4) is 0 Å². The number of cyclic esters (lactones) is 1. The van der Waals surface area contributed by atoms with E-state index in [1.807, 2.05) is 0 Å². The molecule has 0 amide bonds. The molecule has 0 bridgehead atoms. The van der Waals surface area contributed by atoms with E-state index in [-0.39, 0.29) is 6.61 Å². The zero-order valence-corrected chi connectivity index (χ0v) is 15.9. The predicted octanol–water partition coefficient (Wildman–Crippen LogP) is 4.57. The van der Waals surface area contributed by atoms with E-state index in [1.54, 1.807) is 0 Å². The number of halogens is 4. The van der Waals surface area contributed by atoms with Crippen molar-refractivity contribution in [2.24, 2.45) is 0 Å². The standard InChI is InChI=1S/C21H21F4NO3/c1-19(2,14-4-3-5-15(22)9-14)11-20(28,21(23,24)25)12-26-16-6-7-17-13(8-16)10-29-18(17)27/h3-9,26,28H,10-12H2,1-2H3. The number of benzene rings is 2. The van der Waals surface area contributed by atoms with Gasteiger partial charge < -0.3 is 15.2 Å². The van der Waals surface area contributed by atoms with E-state index in [9.17, 15) is 27.5 Å². The molecule has 0 saturated carbocycles. The minimum absolute atomic E-state index is 0.0554. The molecule has 0 fully saturated rings. The number of carbonyl (C=O) groups is 1. The van der Waals surface area contributed by atoms with Gasteiger partial charge in [-0.05, 0) is 47.7 Å². The number of aliphatic hydroxyl groups is 1. The molecular formula is C21H21F4NO3. The number of ether oxygens (including phenoxy) is 1. The van der Waals surface area contributed by atoms with Crippen molar-refractivity contribution < 1.29 is 32.2 Å². The van der Waals surface area contributed by atoms with Gasteiger partial charge in [-0.2, -0.15) is 13.2 Å². The second-order valence-corrected chi connectivity index (χ2v) is 7.90. The zero-order chi connectivity index (χ0) is 21.4. The summed E-state index contributed by atoms with van der Waals surface area (Å²) in [6.07, 6.45) is -5.59. The number of hydrogen-bond donors (Lipinski definition) is 2. The van der Waals surface area contributed by atoms with Crippen LogP contribution in [-0.2, 0) is 16.8 Å². The van der Waals surface area contributed by atoms with Crippen LogP contribution in [0.5, 0.6) is 0 Å². The van der Waals surface area contributed by atoms with E-state index in [4.69, 9.17) is 4.74 Å². The van der Waals surface area contributed by atoms with Crippen molar-refractivity contribution in [3.63, 3.8) is 0 Å². The van der Waals surface area contributed by atoms with Gasteiger partial charge in [0, 0.05) is 11.3 Å². The highest BCUT2D eigenvalue weighted by atomic mass is 19.4. The lowest BCUT2D eigenvalue weighted by atomic mass is 9.74. The lowest BCUT2D eigenvalue weighted by Crippen LogP contribution is -2.53. The second kappa shape index (κ2) is 7.33. The fourth-order valence-corrected chi connectivity index (χ4v) is 3.50. The smallest absolute Gasteiger partial charge is 0.418 e. The van der Waals surface area contributed by atoms with Crippen molar-refractivity contribution >= 4 is 11.7 Å². The topological polar surface area (TPSA) is 58.6 Å². The molecule has 29 heavy (non-hydrogen) atoms. The van der Waals surface area contributed by atoms with Crippen LogP contribution in [0, 0.1) is 5.82 Å². The highest BCUT2D eigenvalue weighted by Gasteiger charge is 2.55. The number of alkyl halides is 3. The van der Waals surface area contributed by atoms with Crippen LogP contribution in [0.25, 0.3) is 0 Å². The summed E-state index contributed by atoms with van der Waals surface area (Å²) in [5.74, 6) is -1.03. The van der Waals surface area contributed by atoms with E-state index < -0.39 is 41.9 Å². The third-order valence-corrected chi connectivity index (χ3v) is 5.14. The minimum Gasteiger partial charge on any atom is -0.457 e. The Balaban J connectivity index is 1.81. The monoisotopic (exact) mass is 411 g/mol. The molecule has 0 spiro atoms. The van der Waals surface area contributed by atoms with Gasteiger partial charge in [-0.3, -0.25) is 0 Å². The van der Waals surface area contributed by atoms with E-state index in [0.29, 0.717) is 22.4 Å². The Morgan fingerprint density at radius 1 is 1.14 bits per heavy atom. The van der Waals surface area contributed by atoms with Gasteiger partial charge in [0.1, 0.15) is 12.4 Å². The average Bonchev–Trinajstić information content (AvgIpc) is 2.99. The summed E-state index contributed by atoms with van der Waals surface area (Å²) in [6.45, 7) is 2.30. The molecule has 1 unspecified atom stereocenters.